The highest BCUT2D eigenvalue weighted by Crippen LogP contribution is 2.14. The van der Waals surface area contributed by atoms with Crippen LogP contribution in [0.4, 0.5) is 4.79 Å². The molecule has 0 fully saturated rings. The molecule has 0 aromatic carbocycles. The first-order valence-corrected chi connectivity index (χ1v) is 10.4. The fourth-order valence-corrected chi connectivity index (χ4v) is 3.12. The number of hydrogen-bond acceptors (Lipinski definition) is 2. The lowest BCUT2D eigenvalue weighted by Gasteiger charge is -2.24. The van der Waals surface area contributed by atoms with Gasteiger partial charge in [0.05, 0.1) is 13.6 Å². The van der Waals surface area contributed by atoms with Gasteiger partial charge >= 0.3 is 12.1 Å². The summed E-state index contributed by atoms with van der Waals surface area (Å²) in [5.41, 5.74) is 5.41. The van der Waals surface area contributed by atoms with Gasteiger partial charge in [0.15, 0.2) is 0 Å². The molecule has 0 bridgehead atoms. The van der Waals surface area contributed by atoms with E-state index in [-0.39, 0.29) is 5.96 Å². The summed E-state index contributed by atoms with van der Waals surface area (Å²) in [6.07, 6.45) is 18.3. The Balaban J connectivity index is 3.37. The third kappa shape index (κ3) is 12.0. The monoisotopic (exact) mass is 356 g/mol. The topological polar surface area (TPSA) is 87.2 Å². The van der Waals surface area contributed by atoms with Gasteiger partial charge in [-0.3, -0.25) is 0 Å². The van der Waals surface area contributed by atoms with Crippen molar-refractivity contribution in [1.82, 2.24) is 0 Å². The van der Waals surface area contributed by atoms with Gasteiger partial charge in [-0.05, 0) is 12.8 Å². The summed E-state index contributed by atoms with van der Waals surface area (Å²) in [6.45, 7) is 2.67. The zero-order chi connectivity index (χ0) is 19.0. The molecular formula is C20H42N3O2+. The summed E-state index contributed by atoms with van der Waals surface area (Å²) in [6, 6.07) is 0. The van der Waals surface area contributed by atoms with E-state index in [1.165, 1.54) is 84.1 Å². The van der Waals surface area contributed by atoms with Crippen molar-refractivity contribution in [3.63, 3.8) is 0 Å². The number of nitrogens with one attached hydrogen (secondary N) is 1. The maximum Gasteiger partial charge on any atom is 0.521 e. The highest BCUT2D eigenvalue weighted by atomic mass is 16.4. The molecule has 0 heterocycles. The van der Waals surface area contributed by atoms with Crippen LogP contribution in [0, 0.1) is 5.41 Å². The average Bonchev–Trinajstić information content (AvgIpc) is 2.57. The second-order valence-electron chi connectivity index (χ2n) is 7.53. The van der Waals surface area contributed by atoms with Crippen molar-refractivity contribution in [2.24, 2.45) is 5.73 Å². The molecule has 0 radical (unpaired) electrons. The van der Waals surface area contributed by atoms with Crippen molar-refractivity contribution in [2.75, 3.05) is 13.6 Å². The van der Waals surface area contributed by atoms with Gasteiger partial charge in [0.1, 0.15) is 0 Å². The zero-order valence-corrected chi connectivity index (χ0v) is 16.7. The van der Waals surface area contributed by atoms with Gasteiger partial charge < -0.3 is 10.8 Å². The maximum atomic E-state index is 11.2. The number of quaternary nitrogens is 1. The third-order valence-corrected chi connectivity index (χ3v) is 5.16. The van der Waals surface area contributed by atoms with E-state index in [1.54, 1.807) is 0 Å². The molecule has 0 aliphatic rings. The van der Waals surface area contributed by atoms with Crippen LogP contribution in [0.5, 0.6) is 0 Å². The van der Waals surface area contributed by atoms with Crippen LogP contribution in [0.15, 0.2) is 0 Å². The number of nitrogens with two attached hydrogens (primary N) is 1. The van der Waals surface area contributed by atoms with E-state index in [0.717, 1.165) is 19.3 Å². The van der Waals surface area contributed by atoms with Crippen LogP contribution >= 0.6 is 0 Å². The Morgan fingerprint density at radius 1 is 0.800 bits per heavy atom. The first kappa shape index (κ1) is 23.9. The molecule has 5 heteroatoms. The largest absolute Gasteiger partial charge is 0.521 e. The van der Waals surface area contributed by atoms with E-state index in [0.29, 0.717) is 6.54 Å². The van der Waals surface area contributed by atoms with Gasteiger partial charge in [0.25, 0.3) is 0 Å². The fraction of sp³-hybridized carbons (Fsp3) is 0.900. The quantitative estimate of drug-likeness (QED) is 0.140. The molecule has 0 aromatic rings. The maximum absolute atomic E-state index is 11.2. The van der Waals surface area contributed by atoms with Crippen molar-refractivity contribution in [3.8, 4) is 0 Å². The second-order valence-corrected chi connectivity index (χ2v) is 7.53. The minimum Gasteiger partial charge on any atom is -0.435 e. The first-order valence-electron chi connectivity index (χ1n) is 10.4. The Labute approximate surface area is 155 Å². The number of nitrogens with zero attached hydrogens (tertiary/aromatic N) is 1. The molecule has 0 saturated heterocycles. The minimum absolute atomic E-state index is 0.294. The van der Waals surface area contributed by atoms with Gasteiger partial charge in [0.2, 0.25) is 0 Å². The predicted molar refractivity (Wildman–Crippen MR) is 106 cm³/mol. The van der Waals surface area contributed by atoms with Crippen molar-refractivity contribution in [3.05, 3.63) is 0 Å². The molecule has 148 valence electrons. The van der Waals surface area contributed by atoms with Crippen molar-refractivity contribution in [1.29, 1.82) is 5.41 Å². The number of rotatable bonds is 16. The van der Waals surface area contributed by atoms with Crippen molar-refractivity contribution in [2.45, 2.75) is 103 Å². The minimum atomic E-state index is -1.04. The van der Waals surface area contributed by atoms with E-state index in [1.807, 2.05) is 0 Å². The van der Waals surface area contributed by atoms with Crippen LogP contribution < -0.4 is 5.73 Å². The van der Waals surface area contributed by atoms with Gasteiger partial charge in [-0.25, -0.2) is 5.41 Å². The number of unbranched alkanes of at least 4 members (excludes halogenated alkanes) is 14. The van der Waals surface area contributed by atoms with Crippen molar-refractivity contribution < 1.29 is 14.4 Å². The standard InChI is InChI=1S/C20H41N3O2/c1-3-4-5-6-7-8-9-10-11-12-13-14-15-16-17-18-23(2,19(21)22)20(24)25/h3-18H2,1-2H3,(H3-,21,22,24,25)/p+1. The average molecular weight is 357 g/mol. The summed E-state index contributed by atoms with van der Waals surface area (Å²) >= 11 is 0. The molecule has 0 aromatic heterocycles. The lowest BCUT2D eigenvalue weighted by Crippen LogP contribution is -2.56. The summed E-state index contributed by atoms with van der Waals surface area (Å²) < 4.78 is -0.488. The van der Waals surface area contributed by atoms with Gasteiger partial charge in [-0.1, -0.05) is 90.4 Å². The number of hydrogen-bond donors (Lipinski definition) is 3. The summed E-state index contributed by atoms with van der Waals surface area (Å²) in [5, 5.41) is 16.6. The van der Waals surface area contributed by atoms with Crippen molar-refractivity contribution >= 4 is 12.1 Å². The Bertz CT molecular complexity index is 345. The smallest absolute Gasteiger partial charge is 0.435 e. The molecule has 0 saturated carbocycles. The number of amides is 1. The molecule has 0 spiro atoms. The van der Waals surface area contributed by atoms with Crippen LogP contribution in [0.25, 0.3) is 0 Å². The Hall–Kier alpha value is -1.10. The first-order chi connectivity index (χ1) is 11.9. The van der Waals surface area contributed by atoms with Gasteiger partial charge in [0, 0.05) is 0 Å². The van der Waals surface area contributed by atoms with Crippen LogP contribution in [-0.2, 0) is 0 Å². The summed E-state index contributed by atoms with van der Waals surface area (Å²) in [5.74, 6) is -0.294. The van der Waals surface area contributed by atoms with E-state index < -0.39 is 10.6 Å². The van der Waals surface area contributed by atoms with E-state index >= 15 is 0 Å². The molecule has 4 N–H and O–H groups in total. The van der Waals surface area contributed by atoms with Gasteiger partial charge in [-0.2, -0.15) is 9.28 Å². The second kappa shape index (κ2) is 15.2. The highest BCUT2D eigenvalue weighted by Gasteiger charge is 2.35. The molecular weight excluding hydrogens is 314 g/mol. The SMILES string of the molecule is CCCCCCCCCCCCCCCCC[N+](C)(C(=N)N)C(=O)O. The molecule has 0 rings (SSSR count). The Kier molecular flexibility index (Phi) is 14.5. The molecule has 1 amide bonds. The molecule has 0 aliphatic heterocycles. The number of guanidine groups is 1. The number of carboxylic acid groups (broad SMARTS) is 1. The molecule has 1 unspecified atom stereocenters. The van der Waals surface area contributed by atoms with E-state index in [4.69, 9.17) is 16.2 Å². The molecule has 5 nitrogen and oxygen atoms in total. The molecule has 1 atom stereocenters. The van der Waals surface area contributed by atoms with Crippen LogP contribution in [0.1, 0.15) is 103 Å². The van der Waals surface area contributed by atoms with Gasteiger partial charge in [-0.15, -0.1) is 0 Å². The van der Waals surface area contributed by atoms with Crippen LogP contribution in [0.2, 0.25) is 0 Å². The van der Waals surface area contributed by atoms with Crippen LogP contribution in [-0.4, -0.2) is 35.2 Å². The summed E-state index contributed by atoms with van der Waals surface area (Å²) in [7, 11) is 1.49. The fourth-order valence-electron chi connectivity index (χ4n) is 3.12. The number of carbonyl (C=O) groups is 1. The third-order valence-electron chi connectivity index (χ3n) is 5.16. The normalized spacial score (nSPS) is 13.5. The zero-order valence-electron chi connectivity index (χ0n) is 16.7. The van der Waals surface area contributed by atoms with E-state index in [9.17, 15) is 4.79 Å². The summed E-state index contributed by atoms with van der Waals surface area (Å²) in [4.78, 5) is 11.2. The molecule has 0 aliphatic carbocycles. The predicted octanol–water partition coefficient (Wildman–Crippen LogP) is 5.88. The molecule has 25 heavy (non-hydrogen) atoms. The highest BCUT2D eigenvalue weighted by molar-refractivity contribution is 5.78. The van der Waals surface area contributed by atoms with E-state index in [2.05, 4.69) is 6.92 Å². The van der Waals surface area contributed by atoms with Crippen LogP contribution in [0.3, 0.4) is 0 Å². The lowest BCUT2D eigenvalue weighted by atomic mass is 10.0. The Morgan fingerprint density at radius 3 is 1.40 bits per heavy atom. The Morgan fingerprint density at radius 2 is 1.12 bits per heavy atom. The lowest BCUT2D eigenvalue weighted by molar-refractivity contribution is -0.747.